The maximum atomic E-state index is 10.7. The van der Waals surface area contributed by atoms with Crippen LogP contribution < -0.4 is 0 Å². The highest BCUT2D eigenvalue weighted by atomic mass is 16.5. The Morgan fingerprint density at radius 1 is 1.25 bits per heavy atom. The van der Waals surface area contributed by atoms with E-state index < -0.39 is 0 Å². The van der Waals surface area contributed by atoms with Gasteiger partial charge in [-0.1, -0.05) is 46.1 Å². The Balaban J connectivity index is 3.90. The highest BCUT2D eigenvalue weighted by Gasteiger charge is 2.04. The van der Waals surface area contributed by atoms with Gasteiger partial charge in [0.05, 0.1) is 0 Å². The molecule has 2 nitrogen and oxygen atoms in total. The molecule has 0 bridgehead atoms. The molecule has 0 aliphatic carbocycles. The molecule has 0 radical (unpaired) electrons. The summed E-state index contributed by atoms with van der Waals surface area (Å²) in [6.45, 7) is 8.42. The highest BCUT2D eigenvalue weighted by Crippen LogP contribution is 2.13. The molecule has 0 atom stereocenters. The van der Waals surface area contributed by atoms with E-state index in [4.69, 9.17) is 4.74 Å². The van der Waals surface area contributed by atoms with Crippen molar-refractivity contribution in [1.82, 2.24) is 0 Å². The van der Waals surface area contributed by atoms with Crippen LogP contribution in [-0.2, 0) is 9.53 Å². The van der Waals surface area contributed by atoms with Crippen LogP contribution in [0.5, 0.6) is 0 Å². The maximum absolute atomic E-state index is 10.7. The van der Waals surface area contributed by atoms with Crippen molar-refractivity contribution in [2.75, 3.05) is 6.61 Å². The van der Waals surface area contributed by atoms with Crippen LogP contribution in [0, 0.1) is 5.92 Å². The van der Waals surface area contributed by atoms with E-state index in [9.17, 15) is 4.79 Å². The number of carbonyl (C=O) groups is 1. The van der Waals surface area contributed by atoms with E-state index in [1.165, 1.54) is 38.2 Å². The average Bonchev–Trinajstić information content (AvgIpc) is 2.21. The second-order valence-corrected chi connectivity index (χ2v) is 4.56. The molecular formula is C14H26O2. The summed E-state index contributed by atoms with van der Waals surface area (Å²) in [7, 11) is 0. The van der Waals surface area contributed by atoms with Crippen LogP contribution in [-0.4, -0.2) is 12.6 Å². The Labute approximate surface area is 100 Å². The number of carbonyl (C=O) groups excluding carboxylic acids is 1. The standard InChI is InChI=1S/C14H26O2/c1-5-6-7-8-9-10-14(12(2)3)11-16-13(4)15/h10,12H,5-9,11H2,1-4H3. The van der Waals surface area contributed by atoms with Crippen molar-refractivity contribution in [3.63, 3.8) is 0 Å². The number of hydrogen-bond donors (Lipinski definition) is 0. The van der Waals surface area contributed by atoms with E-state index in [2.05, 4.69) is 26.8 Å². The molecule has 0 spiro atoms. The van der Waals surface area contributed by atoms with Gasteiger partial charge in [-0.2, -0.15) is 0 Å². The summed E-state index contributed by atoms with van der Waals surface area (Å²) < 4.78 is 5.04. The molecule has 0 rings (SSSR count). The van der Waals surface area contributed by atoms with Gasteiger partial charge in [0.25, 0.3) is 0 Å². The van der Waals surface area contributed by atoms with E-state index in [1.54, 1.807) is 0 Å². The predicted molar refractivity (Wildman–Crippen MR) is 68.3 cm³/mol. The first kappa shape index (κ1) is 15.2. The summed E-state index contributed by atoms with van der Waals surface area (Å²) in [4.78, 5) is 10.7. The van der Waals surface area contributed by atoms with E-state index >= 15 is 0 Å². The average molecular weight is 226 g/mol. The Morgan fingerprint density at radius 2 is 1.94 bits per heavy atom. The summed E-state index contributed by atoms with van der Waals surface area (Å²) in [5, 5.41) is 0. The Morgan fingerprint density at radius 3 is 2.44 bits per heavy atom. The fourth-order valence-corrected chi connectivity index (χ4v) is 1.50. The van der Waals surface area contributed by atoms with Crippen LogP contribution in [0.3, 0.4) is 0 Å². The number of hydrogen-bond acceptors (Lipinski definition) is 2. The van der Waals surface area contributed by atoms with Crippen LogP contribution >= 0.6 is 0 Å². The van der Waals surface area contributed by atoms with Crippen molar-refractivity contribution in [2.45, 2.75) is 59.8 Å². The van der Waals surface area contributed by atoms with Crippen molar-refractivity contribution in [2.24, 2.45) is 5.92 Å². The quantitative estimate of drug-likeness (QED) is 0.354. The largest absolute Gasteiger partial charge is 0.461 e. The number of unbranched alkanes of at least 4 members (excludes halogenated alkanes) is 4. The molecule has 2 heteroatoms. The number of ether oxygens (including phenoxy) is 1. The van der Waals surface area contributed by atoms with E-state index in [0.717, 1.165) is 6.42 Å². The minimum Gasteiger partial charge on any atom is -0.461 e. The van der Waals surface area contributed by atoms with Crippen molar-refractivity contribution < 1.29 is 9.53 Å². The van der Waals surface area contributed by atoms with Crippen molar-refractivity contribution in [3.8, 4) is 0 Å². The maximum Gasteiger partial charge on any atom is 0.302 e. The molecule has 0 fully saturated rings. The summed E-state index contributed by atoms with van der Waals surface area (Å²) in [6, 6.07) is 0. The zero-order valence-corrected chi connectivity index (χ0v) is 11.2. The highest BCUT2D eigenvalue weighted by molar-refractivity contribution is 5.66. The Bertz CT molecular complexity index is 217. The lowest BCUT2D eigenvalue weighted by Crippen LogP contribution is -2.07. The first-order chi connectivity index (χ1) is 7.57. The van der Waals surface area contributed by atoms with Gasteiger partial charge >= 0.3 is 5.97 Å². The number of esters is 1. The molecule has 0 aromatic heterocycles. The normalized spacial score (nSPS) is 11.9. The molecule has 0 aliphatic rings. The first-order valence-electron chi connectivity index (χ1n) is 6.40. The van der Waals surface area contributed by atoms with Crippen LogP contribution in [0.1, 0.15) is 59.8 Å². The van der Waals surface area contributed by atoms with Gasteiger partial charge in [-0.25, -0.2) is 0 Å². The van der Waals surface area contributed by atoms with E-state index in [0.29, 0.717) is 12.5 Å². The van der Waals surface area contributed by atoms with Gasteiger partial charge in [0.1, 0.15) is 6.61 Å². The topological polar surface area (TPSA) is 26.3 Å². The van der Waals surface area contributed by atoms with E-state index in [1.807, 2.05) is 0 Å². The second kappa shape index (κ2) is 9.44. The minimum absolute atomic E-state index is 0.197. The number of rotatable bonds is 8. The summed E-state index contributed by atoms with van der Waals surface area (Å²) in [5.74, 6) is 0.267. The van der Waals surface area contributed by atoms with Gasteiger partial charge in [0, 0.05) is 6.92 Å². The lowest BCUT2D eigenvalue weighted by atomic mass is 10.0. The monoisotopic (exact) mass is 226 g/mol. The van der Waals surface area contributed by atoms with Gasteiger partial charge in [0.2, 0.25) is 0 Å². The van der Waals surface area contributed by atoms with Gasteiger partial charge in [-0.15, -0.1) is 0 Å². The third-order valence-corrected chi connectivity index (χ3v) is 2.65. The fourth-order valence-electron chi connectivity index (χ4n) is 1.50. The summed E-state index contributed by atoms with van der Waals surface area (Å²) in [6.07, 6.45) is 8.47. The van der Waals surface area contributed by atoms with E-state index in [-0.39, 0.29) is 5.97 Å². The predicted octanol–water partition coefficient (Wildman–Crippen LogP) is 4.10. The summed E-state index contributed by atoms with van der Waals surface area (Å²) >= 11 is 0. The fraction of sp³-hybridized carbons (Fsp3) is 0.786. The Kier molecular flexibility index (Phi) is 8.97. The smallest absolute Gasteiger partial charge is 0.302 e. The van der Waals surface area contributed by atoms with Gasteiger partial charge in [0.15, 0.2) is 0 Å². The molecule has 0 unspecified atom stereocenters. The van der Waals surface area contributed by atoms with Crippen LogP contribution in [0.4, 0.5) is 0 Å². The molecular weight excluding hydrogens is 200 g/mol. The Hall–Kier alpha value is -0.790. The lowest BCUT2D eigenvalue weighted by molar-refractivity contribution is -0.140. The minimum atomic E-state index is -0.197. The summed E-state index contributed by atoms with van der Waals surface area (Å²) in [5.41, 5.74) is 1.24. The zero-order valence-electron chi connectivity index (χ0n) is 11.2. The second-order valence-electron chi connectivity index (χ2n) is 4.56. The number of allylic oxidation sites excluding steroid dienone is 1. The van der Waals surface area contributed by atoms with Gasteiger partial charge in [-0.3, -0.25) is 4.79 Å². The van der Waals surface area contributed by atoms with Crippen molar-refractivity contribution in [1.29, 1.82) is 0 Å². The molecule has 94 valence electrons. The molecule has 0 aromatic rings. The third kappa shape index (κ3) is 8.51. The molecule has 0 saturated heterocycles. The van der Waals surface area contributed by atoms with Gasteiger partial charge < -0.3 is 4.74 Å². The molecule has 0 heterocycles. The molecule has 0 aliphatic heterocycles. The molecule has 0 aromatic carbocycles. The SMILES string of the molecule is CCCCCCC=C(COC(C)=O)C(C)C. The van der Waals surface area contributed by atoms with Crippen molar-refractivity contribution in [3.05, 3.63) is 11.6 Å². The molecule has 0 N–H and O–H groups in total. The lowest BCUT2D eigenvalue weighted by Gasteiger charge is -2.11. The molecule has 0 saturated carbocycles. The molecule has 16 heavy (non-hydrogen) atoms. The molecule has 0 amide bonds. The van der Waals surface area contributed by atoms with Crippen LogP contribution in [0.15, 0.2) is 11.6 Å². The third-order valence-electron chi connectivity index (χ3n) is 2.65. The van der Waals surface area contributed by atoms with Crippen molar-refractivity contribution >= 4 is 5.97 Å². The first-order valence-corrected chi connectivity index (χ1v) is 6.40. The van der Waals surface area contributed by atoms with Crippen LogP contribution in [0.25, 0.3) is 0 Å². The zero-order chi connectivity index (χ0) is 12.4. The van der Waals surface area contributed by atoms with Gasteiger partial charge in [-0.05, 0) is 24.3 Å². The van der Waals surface area contributed by atoms with Crippen LogP contribution in [0.2, 0.25) is 0 Å².